The van der Waals surface area contributed by atoms with Crippen molar-refractivity contribution in [2.75, 3.05) is 12.9 Å². The van der Waals surface area contributed by atoms with Crippen LogP contribution in [-0.2, 0) is 0 Å². The molecule has 1 aromatic heterocycles. The first-order chi connectivity index (χ1) is 7.60. The van der Waals surface area contributed by atoms with Crippen LogP contribution in [0.15, 0.2) is 12.3 Å². The number of aryl methyl sites for hydroxylation is 1. The number of methoxy groups -OCH3 is 1. The molecule has 0 aliphatic rings. The van der Waals surface area contributed by atoms with Crippen molar-refractivity contribution in [1.82, 2.24) is 4.98 Å². The van der Waals surface area contributed by atoms with Gasteiger partial charge in [-0.05, 0) is 25.2 Å². The average Bonchev–Trinajstić information content (AvgIpc) is 2.28. The van der Waals surface area contributed by atoms with E-state index in [2.05, 4.69) is 17.6 Å². The molecule has 0 radical (unpaired) electrons. The average molecular weight is 243 g/mol. The van der Waals surface area contributed by atoms with Crippen LogP contribution in [0.3, 0.4) is 0 Å². The van der Waals surface area contributed by atoms with E-state index in [0.717, 1.165) is 5.56 Å². The van der Waals surface area contributed by atoms with Crippen molar-refractivity contribution in [3.8, 4) is 5.88 Å². The number of hydrogen-bond acceptors (Lipinski definition) is 5. The van der Waals surface area contributed by atoms with Crippen LogP contribution in [0.5, 0.6) is 5.88 Å². The van der Waals surface area contributed by atoms with Gasteiger partial charge in [-0.15, -0.1) is 0 Å². The van der Waals surface area contributed by atoms with Crippen LogP contribution in [0, 0.1) is 6.92 Å². The summed E-state index contributed by atoms with van der Waals surface area (Å²) in [5.41, 5.74) is 1.42. The molecule has 2 atom stereocenters. The van der Waals surface area contributed by atoms with Gasteiger partial charge >= 0.3 is 0 Å². The molecule has 2 N–H and O–H groups in total. The third-order valence-electron chi connectivity index (χ3n) is 2.38. The summed E-state index contributed by atoms with van der Waals surface area (Å²) in [6.07, 6.45) is 0.212. The Morgan fingerprint density at radius 3 is 2.69 bits per heavy atom. The summed E-state index contributed by atoms with van der Waals surface area (Å²) in [6.45, 7) is 1.84. The quantitative estimate of drug-likeness (QED) is 0.678. The smallest absolute Gasteiger partial charge is 0.215 e. The van der Waals surface area contributed by atoms with Gasteiger partial charge in [-0.2, -0.15) is 12.6 Å². The maximum absolute atomic E-state index is 9.84. The number of rotatable bonds is 5. The molecule has 90 valence electrons. The highest BCUT2D eigenvalue weighted by atomic mass is 32.1. The predicted molar refractivity (Wildman–Crippen MR) is 65.0 cm³/mol. The maximum Gasteiger partial charge on any atom is 0.215 e. The van der Waals surface area contributed by atoms with E-state index in [0.29, 0.717) is 23.6 Å². The molecule has 0 amide bonds. The second-order valence-corrected chi connectivity index (χ2v) is 4.07. The maximum atomic E-state index is 9.84. The first-order valence-corrected chi connectivity index (χ1v) is 5.71. The Hall–Kier alpha value is -0.780. The third kappa shape index (κ3) is 3.10. The fraction of sp³-hybridized carbons (Fsp3) is 0.545. The van der Waals surface area contributed by atoms with Gasteiger partial charge < -0.3 is 14.9 Å². The summed E-state index contributed by atoms with van der Waals surface area (Å²) in [5, 5.41) is 19.5. The van der Waals surface area contributed by atoms with Crippen LogP contribution in [0.4, 0.5) is 0 Å². The highest BCUT2D eigenvalue weighted by Gasteiger charge is 2.18. The minimum atomic E-state index is -0.927. The Morgan fingerprint density at radius 2 is 2.19 bits per heavy atom. The molecule has 4 nitrogen and oxygen atoms in total. The molecule has 2 unspecified atom stereocenters. The number of thiol groups is 1. The van der Waals surface area contributed by atoms with E-state index in [-0.39, 0.29) is 0 Å². The lowest BCUT2D eigenvalue weighted by molar-refractivity contribution is 0.0169. The lowest BCUT2D eigenvalue weighted by Crippen LogP contribution is -2.19. The SMILES string of the molecule is COc1ncc(C(O)C(O)CCS)cc1C. The predicted octanol–water partition coefficient (Wildman–Crippen LogP) is 1.11. The van der Waals surface area contributed by atoms with Crippen molar-refractivity contribution in [3.05, 3.63) is 23.4 Å². The molecule has 5 heteroatoms. The first-order valence-electron chi connectivity index (χ1n) is 5.07. The summed E-state index contributed by atoms with van der Waals surface area (Å²) < 4.78 is 5.02. The molecule has 0 bridgehead atoms. The molecular formula is C11H17NO3S. The van der Waals surface area contributed by atoms with Crippen LogP contribution in [0.2, 0.25) is 0 Å². The zero-order valence-corrected chi connectivity index (χ0v) is 10.3. The molecule has 1 heterocycles. The van der Waals surface area contributed by atoms with E-state index in [4.69, 9.17) is 4.74 Å². The van der Waals surface area contributed by atoms with Crippen LogP contribution in [0.1, 0.15) is 23.7 Å². The lowest BCUT2D eigenvalue weighted by atomic mass is 10.0. The zero-order chi connectivity index (χ0) is 12.1. The van der Waals surface area contributed by atoms with Gasteiger partial charge in [0.25, 0.3) is 0 Å². The number of pyridine rings is 1. The van der Waals surface area contributed by atoms with E-state index in [1.807, 2.05) is 6.92 Å². The molecule has 16 heavy (non-hydrogen) atoms. The van der Waals surface area contributed by atoms with Crippen molar-refractivity contribution in [3.63, 3.8) is 0 Å². The van der Waals surface area contributed by atoms with Crippen molar-refractivity contribution in [2.24, 2.45) is 0 Å². The van der Waals surface area contributed by atoms with E-state index in [9.17, 15) is 10.2 Å². The second kappa shape index (κ2) is 6.08. The van der Waals surface area contributed by atoms with Gasteiger partial charge in [0.15, 0.2) is 0 Å². The van der Waals surface area contributed by atoms with Crippen LogP contribution in [-0.4, -0.2) is 34.2 Å². The number of aromatic nitrogens is 1. The third-order valence-corrected chi connectivity index (χ3v) is 2.63. The monoisotopic (exact) mass is 243 g/mol. The van der Waals surface area contributed by atoms with Crippen LogP contribution >= 0.6 is 12.6 Å². The standard InChI is InChI=1S/C11H17NO3S/c1-7-5-8(6-12-11(7)15-2)10(14)9(13)3-4-16/h5-6,9-10,13-14,16H,3-4H2,1-2H3. The first kappa shape index (κ1) is 13.3. The second-order valence-electron chi connectivity index (χ2n) is 3.62. The highest BCUT2D eigenvalue weighted by Crippen LogP contribution is 2.23. The summed E-state index contributed by atoms with van der Waals surface area (Å²) in [5.74, 6) is 1.06. The minimum absolute atomic E-state index is 0.440. The van der Waals surface area contributed by atoms with Crippen molar-refractivity contribution in [1.29, 1.82) is 0 Å². The van der Waals surface area contributed by atoms with Gasteiger partial charge in [0, 0.05) is 17.3 Å². The number of hydrogen-bond donors (Lipinski definition) is 3. The summed E-state index contributed by atoms with van der Waals surface area (Å²) in [7, 11) is 1.54. The molecule has 0 spiro atoms. The van der Waals surface area contributed by atoms with Crippen molar-refractivity contribution < 1.29 is 14.9 Å². The normalized spacial score (nSPS) is 14.6. The van der Waals surface area contributed by atoms with Gasteiger partial charge in [0.05, 0.1) is 13.2 Å². The fourth-order valence-corrected chi connectivity index (χ4v) is 1.74. The zero-order valence-electron chi connectivity index (χ0n) is 9.42. The topological polar surface area (TPSA) is 62.6 Å². The molecule has 1 rings (SSSR count). The Bertz CT molecular complexity index is 346. The molecule has 0 saturated carbocycles. The highest BCUT2D eigenvalue weighted by molar-refractivity contribution is 7.80. The van der Waals surface area contributed by atoms with E-state index < -0.39 is 12.2 Å². The Labute approximate surface area is 101 Å². The molecule has 0 saturated heterocycles. The van der Waals surface area contributed by atoms with Crippen LogP contribution in [0.25, 0.3) is 0 Å². The molecule has 0 fully saturated rings. The van der Waals surface area contributed by atoms with E-state index in [1.54, 1.807) is 13.2 Å². The molecule has 1 aromatic rings. The number of nitrogens with zero attached hydrogens (tertiary/aromatic N) is 1. The van der Waals surface area contributed by atoms with Crippen molar-refractivity contribution >= 4 is 12.6 Å². The molecular weight excluding hydrogens is 226 g/mol. The summed E-state index contributed by atoms with van der Waals surface area (Å²) in [4.78, 5) is 4.05. The number of aliphatic hydroxyl groups excluding tert-OH is 2. The van der Waals surface area contributed by atoms with Gasteiger partial charge in [-0.25, -0.2) is 4.98 Å². The van der Waals surface area contributed by atoms with Gasteiger partial charge in [-0.3, -0.25) is 0 Å². The van der Waals surface area contributed by atoms with E-state index >= 15 is 0 Å². The van der Waals surface area contributed by atoms with Gasteiger partial charge in [0.2, 0.25) is 5.88 Å². The van der Waals surface area contributed by atoms with Gasteiger partial charge in [-0.1, -0.05) is 0 Å². The molecule has 0 aliphatic carbocycles. The molecule has 0 aromatic carbocycles. The Morgan fingerprint density at radius 1 is 1.50 bits per heavy atom. The minimum Gasteiger partial charge on any atom is -0.481 e. The number of ether oxygens (including phenoxy) is 1. The van der Waals surface area contributed by atoms with E-state index in [1.165, 1.54) is 6.20 Å². The summed E-state index contributed by atoms with van der Waals surface area (Å²) >= 11 is 4.01. The van der Waals surface area contributed by atoms with Gasteiger partial charge in [0.1, 0.15) is 6.10 Å². The molecule has 0 aliphatic heterocycles. The van der Waals surface area contributed by atoms with Crippen molar-refractivity contribution in [2.45, 2.75) is 25.6 Å². The van der Waals surface area contributed by atoms with Crippen LogP contribution < -0.4 is 4.74 Å². The summed E-state index contributed by atoms with van der Waals surface area (Å²) in [6, 6.07) is 1.76. The fourth-order valence-electron chi connectivity index (χ4n) is 1.47. The lowest BCUT2D eigenvalue weighted by Gasteiger charge is -2.17. The Balaban J connectivity index is 2.84. The number of aliphatic hydroxyl groups is 2. The Kier molecular flexibility index (Phi) is 5.05. The largest absolute Gasteiger partial charge is 0.481 e.